The summed E-state index contributed by atoms with van der Waals surface area (Å²) in [5, 5.41) is 20.5. The molecule has 1 aromatic carbocycles. The van der Waals surface area contributed by atoms with Crippen LogP contribution in [0.4, 0.5) is 0 Å². The fourth-order valence-corrected chi connectivity index (χ4v) is 7.91. The molecule has 0 aromatic heterocycles. The van der Waals surface area contributed by atoms with Crippen molar-refractivity contribution in [1.29, 1.82) is 0 Å². The molecule has 2 aliphatic rings. The van der Waals surface area contributed by atoms with Crippen LogP contribution in [-0.2, 0) is 19.4 Å². The number of benzene rings is 1. The molecule has 1 aromatic rings. The molecule has 2 unspecified atom stereocenters. The van der Waals surface area contributed by atoms with Crippen molar-refractivity contribution in [3.05, 3.63) is 54.1 Å². The number of aliphatic hydroxyl groups is 2. The van der Waals surface area contributed by atoms with Crippen LogP contribution in [0.3, 0.4) is 0 Å². The zero-order chi connectivity index (χ0) is 26.3. The highest BCUT2D eigenvalue weighted by Gasteiger charge is 2.46. The van der Waals surface area contributed by atoms with Crippen molar-refractivity contribution in [2.75, 3.05) is 7.11 Å². The van der Waals surface area contributed by atoms with Gasteiger partial charge in [0.1, 0.15) is 0 Å². The smallest absolute Gasteiger partial charge is 0.305 e. The number of aliphatic hydroxyl groups excluding tert-OH is 2. The van der Waals surface area contributed by atoms with E-state index in [0.717, 1.165) is 18.4 Å². The summed E-state index contributed by atoms with van der Waals surface area (Å²) in [6.45, 7) is 4.28. The third kappa shape index (κ3) is 7.08. The summed E-state index contributed by atoms with van der Waals surface area (Å²) in [6.07, 6.45) is 9.75. The Hall–Kier alpha value is -1.96. The van der Waals surface area contributed by atoms with Crippen molar-refractivity contribution in [2.45, 2.75) is 87.6 Å². The molecule has 0 saturated heterocycles. The quantitative estimate of drug-likeness (QED) is 0.286. The van der Waals surface area contributed by atoms with Crippen molar-refractivity contribution in [3.8, 4) is 0 Å². The molecule has 0 bridgehead atoms. The maximum atomic E-state index is 13.6. The van der Waals surface area contributed by atoms with Gasteiger partial charge < -0.3 is 14.9 Å². The summed E-state index contributed by atoms with van der Waals surface area (Å²) in [7, 11) is -2.30. The topological polar surface area (TPSA) is 101 Å². The van der Waals surface area contributed by atoms with E-state index < -0.39 is 27.3 Å². The first-order valence-corrected chi connectivity index (χ1v) is 14.8. The normalized spacial score (nSPS) is 26.4. The molecule has 3 rings (SSSR count). The first-order chi connectivity index (χ1) is 17.2. The Morgan fingerprint density at radius 3 is 2.61 bits per heavy atom. The lowest BCUT2D eigenvalue weighted by Gasteiger charge is -2.23. The Kier molecular flexibility index (Phi) is 10.3. The predicted molar refractivity (Wildman–Crippen MR) is 141 cm³/mol. The first kappa shape index (κ1) is 28.6. The third-order valence-corrected chi connectivity index (χ3v) is 10.0. The van der Waals surface area contributed by atoms with Crippen molar-refractivity contribution in [3.63, 3.8) is 0 Å². The second-order valence-electron chi connectivity index (χ2n) is 10.6. The summed E-state index contributed by atoms with van der Waals surface area (Å²) >= 11 is 0. The highest BCUT2D eigenvalue weighted by atomic mass is 32.2. The standard InChI is InChI=1S/C29H42O6S/c1-4-9-20(2)16-23(30)14-15-25-26-18-22(17-21(26)19-27(25)31)28(12-8-13-29(32)35-3)36(33,34)24-10-6-5-7-11-24/h5-7,10-11,14-15,17,20-21,23,25-28,30-31H,4,8-9,12-13,16,18-19H2,1-3H3/b15-14+/t20?,21-,23+,25-,26-,27+,28?/m0/s1. The molecule has 0 heterocycles. The molecule has 7 atom stereocenters. The zero-order valence-corrected chi connectivity index (χ0v) is 22.6. The lowest BCUT2D eigenvalue weighted by molar-refractivity contribution is -0.140. The van der Waals surface area contributed by atoms with Gasteiger partial charge in [-0.25, -0.2) is 8.42 Å². The highest BCUT2D eigenvalue weighted by Crippen LogP contribution is 2.49. The van der Waals surface area contributed by atoms with Crippen molar-refractivity contribution >= 4 is 15.8 Å². The van der Waals surface area contributed by atoms with Crippen LogP contribution >= 0.6 is 0 Å². The average Bonchev–Trinajstić information content (AvgIpc) is 3.37. The average molecular weight is 519 g/mol. The molecular formula is C29H42O6S. The Bertz CT molecular complexity index is 1020. The Labute approximate surface area is 216 Å². The zero-order valence-electron chi connectivity index (χ0n) is 21.8. The SMILES string of the molecule is CCCC(C)C[C@H](O)/C=C/[C@H]1[C@H]2CC(C(CCCC(=O)OC)S(=O)(=O)c3ccccc3)=C[C@H]2C[C@H]1O. The van der Waals surface area contributed by atoms with E-state index in [4.69, 9.17) is 4.74 Å². The lowest BCUT2D eigenvalue weighted by Crippen LogP contribution is -2.25. The molecule has 2 aliphatic carbocycles. The number of methoxy groups -OCH3 is 1. The molecule has 1 fully saturated rings. The summed E-state index contributed by atoms with van der Waals surface area (Å²) in [6, 6.07) is 8.48. The predicted octanol–water partition coefficient (Wildman–Crippen LogP) is 4.86. The van der Waals surface area contributed by atoms with Gasteiger partial charge in [-0.3, -0.25) is 4.79 Å². The van der Waals surface area contributed by atoms with Gasteiger partial charge >= 0.3 is 5.97 Å². The van der Waals surface area contributed by atoms with Gasteiger partial charge in [0.25, 0.3) is 0 Å². The maximum absolute atomic E-state index is 13.6. The van der Waals surface area contributed by atoms with Crippen LogP contribution in [0.2, 0.25) is 0 Å². The molecule has 7 heteroatoms. The van der Waals surface area contributed by atoms with Gasteiger partial charge in [-0.05, 0) is 62.0 Å². The number of allylic oxidation sites excluding steroid dienone is 1. The summed E-state index contributed by atoms with van der Waals surface area (Å²) in [5.74, 6) is 0.193. The molecule has 6 nitrogen and oxygen atoms in total. The number of rotatable bonds is 13. The van der Waals surface area contributed by atoms with Gasteiger partial charge in [0, 0.05) is 12.3 Å². The lowest BCUT2D eigenvalue weighted by atomic mass is 9.88. The highest BCUT2D eigenvalue weighted by molar-refractivity contribution is 7.92. The van der Waals surface area contributed by atoms with Crippen LogP contribution in [0.15, 0.2) is 59.0 Å². The van der Waals surface area contributed by atoms with Crippen LogP contribution in [0.25, 0.3) is 0 Å². The molecule has 0 radical (unpaired) electrons. The number of fused-ring (bicyclic) bond motifs is 1. The van der Waals surface area contributed by atoms with Crippen molar-refractivity contribution in [1.82, 2.24) is 0 Å². The van der Waals surface area contributed by atoms with Gasteiger partial charge in [-0.15, -0.1) is 0 Å². The fourth-order valence-electron chi connectivity index (χ4n) is 5.99. The van der Waals surface area contributed by atoms with E-state index in [1.165, 1.54) is 7.11 Å². The molecule has 1 saturated carbocycles. The van der Waals surface area contributed by atoms with Crippen LogP contribution < -0.4 is 0 Å². The molecule has 0 aliphatic heterocycles. The maximum Gasteiger partial charge on any atom is 0.305 e. The minimum Gasteiger partial charge on any atom is -0.469 e. The van der Waals surface area contributed by atoms with Crippen molar-refractivity contribution in [2.24, 2.45) is 23.7 Å². The van der Waals surface area contributed by atoms with E-state index in [-0.39, 0.29) is 35.0 Å². The van der Waals surface area contributed by atoms with Gasteiger partial charge in [0.05, 0.1) is 29.5 Å². The number of carbonyl (C=O) groups excluding carboxylic acids is 1. The van der Waals surface area contributed by atoms with Crippen LogP contribution in [0, 0.1) is 23.7 Å². The molecule has 2 N–H and O–H groups in total. The van der Waals surface area contributed by atoms with E-state index in [2.05, 4.69) is 19.9 Å². The van der Waals surface area contributed by atoms with Crippen molar-refractivity contribution < 1.29 is 28.2 Å². The Morgan fingerprint density at radius 2 is 1.94 bits per heavy atom. The van der Waals surface area contributed by atoms with E-state index in [1.807, 2.05) is 12.2 Å². The van der Waals surface area contributed by atoms with Crippen LogP contribution in [0.5, 0.6) is 0 Å². The fraction of sp³-hybridized carbons (Fsp3) is 0.621. The monoisotopic (exact) mass is 518 g/mol. The van der Waals surface area contributed by atoms with Crippen LogP contribution in [0.1, 0.15) is 65.2 Å². The van der Waals surface area contributed by atoms with E-state index in [1.54, 1.807) is 30.3 Å². The minimum absolute atomic E-state index is 0.106. The van der Waals surface area contributed by atoms with Crippen LogP contribution in [-0.4, -0.2) is 49.2 Å². The van der Waals surface area contributed by atoms with E-state index in [9.17, 15) is 23.4 Å². The van der Waals surface area contributed by atoms with E-state index in [0.29, 0.717) is 38.0 Å². The number of carbonyl (C=O) groups is 1. The summed E-state index contributed by atoms with van der Waals surface area (Å²) < 4.78 is 32.0. The number of sulfone groups is 1. The number of hydrogen-bond acceptors (Lipinski definition) is 6. The van der Waals surface area contributed by atoms with Gasteiger partial charge in [-0.1, -0.05) is 68.7 Å². The Morgan fingerprint density at radius 1 is 1.22 bits per heavy atom. The molecule has 36 heavy (non-hydrogen) atoms. The summed E-state index contributed by atoms with van der Waals surface area (Å²) in [4.78, 5) is 11.9. The number of hydrogen-bond donors (Lipinski definition) is 2. The molecule has 0 spiro atoms. The molecular weight excluding hydrogens is 476 g/mol. The minimum atomic E-state index is -3.64. The number of ether oxygens (including phenoxy) is 1. The third-order valence-electron chi connectivity index (χ3n) is 7.82. The number of esters is 1. The largest absolute Gasteiger partial charge is 0.469 e. The van der Waals surface area contributed by atoms with Gasteiger partial charge in [0.2, 0.25) is 0 Å². The second-order valence-corrected chi connectivity index (χ2v) is 12.7. The Balaban J connectivity index is 1.76. The first-order valence-electron chi connectivity index (χ1n) is 13.3. The second kappa shape index (κ2) is 13.0. The van der Waals surface area contributed by atoms with Gasteiger partial charge in [0.15, 0.2) is 9.84 Å². The van der Waals surface area contributed by atoms with E-state index >= 15 is 0 Å². The van der Waals surface area contributed by atoms with Gasteiger partial charge in [-0.2, -0.15) is 0 Å². The molecule has 0 amide bonds. The summed E-state index contributed by atoms with van der Waals surface area (Å²) in [5.41, 5.74) is 0.876. The molecule has 200 valence electrons.